The fourth-order valence-electron chi connectivity index (χ4n) is 3.62. The molecule has 0 bridgehead atoms. The van der Waals surface area contributed by atoms with Crippen LogP contribution in [0.4, 0.5) is 4.39 Å². The Morgan fingerprint density at radius 3 is 2.83 bits per heavy atom. The van der Waals surface area contributed by atoms with Gasteiger partial charge in [-0.25, -0.2) is 4.39 Å². The largest absolute Gasteiger partial charge is 0.471 e. The van der Waals surface area contributed by atoms with Crippen molar-refractivity contribution in [3.63, 3.8) is 0 Å². The Kier molecular flexibility index (Phi) is 5.54. The van der Waals surface area contributed by atoms with Crippen LogP contribution in [0, 0.1) is 12.7 Å². The highest BCUT2D eigenvalue weighted by Crippen LogP contribution is 2.27. The zero-order valence-electron chi connectivity index (χ0n) is 16.8. The number of rotatable bonds is 6. The fourth-order valence-corrected chi connectivity index (χ4v) is 3.62. The molecule has 2 N–H and O–H groups in total. The van der Waals surface area contributed by atoms with Crippen LogP contribution >= 0.6 is 0 Å². The van der Waals surface area contributed by atoms with E-state index in [1.165, 1.54) is 16.8 Å². The predicted molar refractivity (Wildman–Crippen MR) is 105 cm³/mol. The molecular weight excluding hydrogens is 391 g/mol. The van der Waals surface area contributed by atoms with Crippen LogP contribution < -0.4 is 10.1 Å². The van der Waals surface area contributed by atoms with E-state index in [0.717, 1.165) is 12.8 Å². The Bertz CT molecular complexity index is 1040. The van der Waals surface area contributed by atoms with Gasteiger partial charge in [-0.2, -0.15) is 0 Å². The highest BCUT2D eigenvalue weighted by Gasteiger charge is 2.28. The Labute approximate surface area is 172 Å². The Morgan fingerprint density at radius 2 is 2.13 bits per heavy atom. The summed E-state index contributed by atoms with van der Waals surface area (Å²) in [5.41, 5.74) is 2.33. The molecule has 1 amide bonds. The van der Waals surface area contributed by atoms with E-state index in [4.69, 9.17) is 9.26 Å². The Morgan fingerprint density at radius 1 is 1.37 bits per heavy atom. The maximum Gasteiger partial charge on any atom is 0.269 e. The van der Waals surface area contributed by atoms with Crippen molar-refractivity contribution < 1.29 is 23.6 Å². The van der Waals surface area contributed by atoms with Crippen molar-refractivity contribution in [1.29, 1.82) is 0 Å². The summed E-state index contributed by atoms with van der Waals surface area (Å²) in [7, 11) is 1.65. The van der Waals surface area contributed by atoms with Gasteiger partial charge in [-0.3, -0.25) is 9.48 Å². The number of benzene rings is 1. The monoisotopic (exact) mass is 414 g/mol. The maximum atomic E-state index is 13.2. The van der Waals surface area contributed by atoms with E-state index >= 15 is 0 Å². The number of carbonyl (C=O) groups excluding carboxylic acids is 1. The number of aryl methyl sites for hydroxylation is 2. The zero-order valence-corrected chi connectivity index (χ0v) is 16.8. The third kappa shape index (κ3) is 4.06. The molecule has 1 fully saturated rings. The van der Waals surface area contributed by atoms with Crippen LogP contribution in [0.1, 0.15) is 41.1 Å². The molecular formula is C21H23FN4O4. The molecule has 158 valence electrons. The molecule has 0 unspecified atom stereocenters. The van der Waals surface area contributed by atoms with Gasteiger partial charge in [-0.05, 0) is 50.5 Å². The number of carbonyl (C=O) groups is 1. The summed E-state index contributed by atoms with van der Waals surface area (Å²) in [6.07, 6.45) is 1.83. The van der Waals surface area contributed by atoms with Gasteiger partial charge in [0.2, 0.25) is 5.88 Å². The first-order valence-corrected chi connectivity index (χ1v) is 9.79. The number of nitrogens with zero attached hydrogens (tertiary/aromatic N) is 3. The second-order valence-electron chi connectivity index (χ2n) is 7.43. The first-order valence-electron chi connectivity index (χ1n) is 9.79. The number of hydrogen-bond donors (Lipinski definition) is 2. The minimum absolute atomic E-state index is 0.126. The van der Waals surface area contributed by atoms with Crippen molar-refractivity contribution >= 4 is 5.91 Å². The van der Waals surface area contributed by atoms with Crippen LogP contribution in [0.5, 0.6) is 5.88 Å². The lowest BCUT2D eigenvalue weighted by Crippen LogP contribution is -2.40. The summed E-state index contributed by atoms with van der Waals surface area (Å²) in [4.78, 5) is 12.5. The first-order chi connectivity index (χ1) is 14.4. The van der Waals surface area contributed by atoms with Gasteiger partial charge < -0.3 is 19.7 Å². The summed E-state index contributed by atoms with van der Waals surface area (Å²) in [6.45, 7) is 1.89. The van der Waals surface area contributed by atoms with E-state index in [0.29, 0.717) is 34.7 Å². The number of aliphatic hydroxyl groups excluding tert-OH is 1. The van der Waals surface area contributed by atoms with Crippen molar-refractivity contribution in [2.24, 2.45) is 7.05 Å². The normalized spacial score (nSPS) is 18.5. The number of ether oxygens (including phenoxy) is 1. The highest BCUT2D eigenvalue weighted by molar-refractivity contribution is 5.93. The van der Waals surface area contributed by atoms with E-state index in [1.54, 1.807) is 32.2 Å². The predicted octanol–water partition coefficient (Wildman–Crippen LogP) is 2.74. The fraction of sp³-hybridized carbons (Fsp3) is 0.381. The lowest BCUT2D eigenvalue weighted by Gasteiger charge is -2.16. The number of aromatic nitrogens is 3. The number of hydrogen-bond acceptors (Lipinski definition) is 6. The van der Waals surface area contributed by atoms with E-state index in [9.17, 15) is 14.3 Å². The molecule has 2 atom stereocenters. The summed E-state index contributed by atoms with van der Waals surface area (Å²) >= 11 is 0. The number of amides is 1. The molecule has 0 aliphatic heterocycles. The highest BCUT2D eigenvalue weighted by atomic mass is 19.1. The third-order valence-electron chi connectivity index (χ3n) is 5.35. The molecule has 0 saturated heterocycles. The van der Waals surface area contributed by atoms with Crippen molar-refractivity contribution in [3.05, 3.63) is 53.2 Å². The standard InChI is InChI=1S/C21H23FN4O4/c1-12-15(20(25-30-12)13-6-8-14(22)9-7-13)11-29-19-10-17(26(2)24-19)21(28)23-16-4-3-5-18(16)27/h6-10,16,18,27H,3-5,11H2,1-2H3,(H,23,28)/t16-,18-/m1/s1. The van der Waals surface area contributed by atoms with Gasteiger partial charge in [-0.15, -0.1) is 5.10 Å². The van der Waals surface area contributed by atoms with Crippen molar-refractivity contribution in [2.75, 3.05) is 0 Å². The van der Waals surface area contributed by atoms with Crippen LogP contribution in [0.3, 0.4) is 0 Å². The molecule has 30 heavy (non-hydrogen) atoms. The van der Waals surface area contributed by atoms with Gasteiger partial charge in [0.15, 0.2) is 0 Å². The van der Waals surface area contributed by atoms with Crippen LogP contribution in [-0.2, 0) is 13.7 Å². The van der Waals surface area contributed by atoms with E-state index < -0.39 is 6.10 Å². The van der Waals surface area contributed by atoms with E-state index in [2.05, 4.69) is 15.6 Å². The van der Waals surface area contributed by atoms with Crippen LogP contribution in [0.25, 0.3) is 11.3 Å². The van der Waals surface area contributed by atoms with Crippen molar-refractivity contribution in [2.45, 2.75) is 44.9 Å². The number of nitrogens with one attached hydrogen (secondary N) is 1. The number of aliphatic hydroxyl groups is 1. The smallest absolute Gasteiger partial charge is 0.269 e. The summed E-state index contributed by atoms with van der Waals surface area (Å²) < 4.78 is 25.7. The molecule has 2 aromatic heterocycles. The van der Waals surface area contributed by atoms with E-state index in [-0.39, 0.29) is 30.3 Å². The second-order valence-corrected chi connectivity index (χ2v) is 7.43. The summed E-state index contributed by atoms with van der Waals surface area (Å²) in [6, 6.07) is 7.27. The third-order valence-corrected chi connectivity index (χ3v) is 5.35. The molecule has 1 aliphatic rings. The molecule has 3 aromatic rings. The van der Waals surface area contributed by atoms with Gasteiger partial charge in [0.1, 0.15) is 29.6 Å². The maximum absolute atomic E-state index is 13.2. The van der Waals surface area contributed by atoms with E-state index in [1.807, 2.05) is 0 Å². The molecule has 2 heterocycles. The molecule has 1 aromatic carbocycles. The van der Waals surface area contributed by atoms with Crippen molar-refractivity contribution in [1.82, 2.24) is 20.3 Å². The summed E-state index contributed by atoms with van der Waals surface area (Å²) in [5.74, 6) is 0.221. The average Bonchev–Trinajstić information content (AvgIpc) is 3.40. The lowest BCUT2D eigenvalue weighted by molar-refractivity contribution is 0.0864. The molecule has 4 rings (SSSR count). The lowest BCUT2D eigenvalue weighted by atomic mass is 10.1. The summed E-state index contributed by atoms with van der Waals surface area (Å²) in [5, 5.41) is 21.1. The zero-order chi connectivity index (χ0) is 21.3. The molecule has 0 spiro atoms. The van der Waals surface area contributed by atoms with Gasteiger partial charge in [0.05, 0.1) is 17.7 Å². The Balaban J connectivity index is 1.46. The molecule has 1 saturated carbocycles. The minimum Gasteiger partial charge on any atom is -0.471 e. The van der Waals surface area contributed by atoms with Crippen LogP contribution in [-0.4, -0.2) is 38.1 Å². The average molecular weight is 414 g/mol. The minimum atomic E-state index is -0.514. The van der Waals surface area contributed by atoms with Gasteiger partial charge in [0, 0.05) is 18.7 Å². The topological polar surface area (TPSA) is 102 Å². The quantitative estimate of drug-likeness (QED) is 0.643. The second kappa shape index (κ2) is 8.27. The Hall–Kier alpha value is -3.20. The van der Waals surface area contributed by atoms with Crippen LogP contribution in [0.2, 0.25) is 0 Å². The van der Waals surface area contributed by atoms with Crippen LogP contribution in [0.15, 0.2) is 34.9 Å². The molecule has 9 heteroatoms. The molecule has 1 aliphatic carbocycles. The van der Waals surface area contributed by atoms with Gasteiger partial charge in [0.25, 0.3) is 5.91 Å². The van der Waals surface area contributed by atoms with Gasteiger partial charge in [-0.1, -0.05) is 5.16 Å². The SMILES string of the molecule is Cc1onc(-c2ccc(F)cc2)c1COc1cc(C(=O)N[C@@H]2CCC[C@H]2O)n(C)n1. The number of halogens is 1. The van der Waals surface area contributed by atoms with Gasteiger partial charge >= 0.3 is 0 Å². The first kappa shape index (κ1) is 20.1. The van der Waals surface area contributed by atoms with Crippen molar-refractivity contribution in [3.8, 4) is 17.1 Å². The molecule has 8 nitrogen and oxygen atoms in total. The molecule has 0 radical (unpaired) electrons.